The molecule has 1 aromatic heterocycles. The Morgan fingerprint density at radius 2 is 1.94 bits per heavy atom. The van der Waals surface area contributed by atoms with Gasteiger partial charge in [-0.25, -0.2) is 0 Å². The lowest BCUT2D eigenvalue weighted by atomic mass is 9.97. The number of allylic oxidation sites excluding steroid dienone is 1. The number of nitrogens with one attached hydrogen (secondary N) is 3. The number of rotatable bonds is 10. The maximum Gasteiger partial charge on any atom is 0.252 e. The predicted molar refractivity (Wildman–Crippen MR) is 139 cm³/mol. The van der Waals surface area contributed by atoms with Crippen LogP contribution in [0.15, 0.2) is 59.6 Å². The van der Waals surface area contributed by atoms with Gasteiger partial charge in [-0.05, 0) is 60.9 Å². The van der Waals surface area contributed by atoms with Crippen molar-refractivity contribution in [2.24, 2.45) is 16.6 Å². The fraction of sp³-hybridized carbons (Fsp3) is 0.407. The fourth-order valence-electron chi connectivity index (χ4n) is 4.61. The van der Waals surface area contributed by atoms with Gasteiger partial charge in [0.2, 0.25) is 5.91 Å². The van der Waals surface area contributed by atoms with Crippen LogP contribution < -0.4 is 21.7 Å². The maximum atomic E-state index is 13.2. The van der Waals surface area contributed by atoms with Crippen molar-refractivity contribution in [2.75, 3.05) is 12.4 Å². The van der Waals surface area contributed by atoms with E-state index in [0.717, 1.165) is 37.1 Å². The number of hydrogen-bond donors (Lipinski definition) is 4. The van der Waals surface area contributed by atoms with Gasteiger partial charge in [0.15, 0.2) is 0 Å². The highest BCUT2D eigenvalue weighted by molar-refractivity contribution is 5.99. The van der Waals surface area contributed by atoms with Crippen LogP contribution in [0.2, 0.25) is 0 Å². The summed E-state index contributed by atoms with van der Waals surface area (Å²) in [5.74, 6) is 0.441. The molecule has 2 aliphatic rings. The quantitative estimate of drug-likeness (QED) is 0.388. The van der Waals surface area contributed by atoms with E-state index in [9.17, 15) is 9.59 Å². The second-order valence-corrected chi connectivity index (χ2v) is 9.40. The second-order valence-electron chi connectivity index (χ2n) is 9.40. The highest BCUT2D eigenvalue weighted by atomic mass is 16.2. The molecule has 1 atom stereocenters. The number of hydrogen-bond acceptors (Lipinski definition) is 6. The average molecular weight is 475 g/mol. The van der Waals surface area contributed by atoms with Gasteiger partial charge < -0.3 is 21.7 Å². The Labute approximate surface area is 206 Å². The number of anilines is 2. The summed E-state index contributed by atoms with van der Waals surface area (Å²) < 4.78 is 0. The second kappa shape index (κ2) is 11.6. The first-order valence-electron chi connectivity index (χ1n) is 12.3. The van der Waals surface area contributed by atoms with Crippen LogP contribution in [0.4, 0.5) is 11.4 Å². The van der Waals surface area contributed by atoms with E-state index < -0.39 is 6.04 Å². The summed E-state index contributed by atoms with van der Waals surface area (Å²) in [4.78, 5) is 34.5. The third-order valence-electron chi connectivity index (χ3n) is 6.60. The Bertz CT molecular complexity index is 1100. The van der Waals surface area contributed by atoms with Crippen molar-refractivity contribution in [1.82, 2.24) is 15.6 Å². The highest BCUT2D eigenvalue weighted by Crippen LogP contribution is 2.40. The molecule has 1 unspecified atom stereocenters. The summed E-state index contributed by atoms with van der Waals surface area (Å²) in [6.07, 6.45) is 14.0. The monoisotopic (exact) mass is 474 g/mol. The number of carbonyl (C=O) groups excluding carboxylic acids is 2. The third-order valence-corrected chi connectivity index (χ3v) is 6.60. The summed E-state index contributed by atoms with van der Waals surface area (Å²) >= 11 is 0. The SMILES string of the molecule is CN=C/C(=C\N)NC(=O)C(CC1CCCC1)NC(=O)c1cccc(Nc2cncc(C3CC3)c2)c1. The number of carbonyl (C=O) groups is 2. The first-order valence-corrected chi connectivity index (χ1v) is 12.3. The number of aliphatic imine (C=N–C) groups is 1. The molecule has 5 N–H and O–H groups in total. The summed E-state index contributed by atoms with van der Waals surface area (Å²) in [5, 5.41) is 9.07. The van der Waals surface area contributed by atoms with Crippen molar-refractivity contribution in [3.8, 4) is 0 Å². The van der Waals surface area contributed by atoms with E-state index in [-0.39, 0.29) is 11.8 Å². The molecular weight excluding hydrogens is 440 g/mol. The fourth-order valence-corrected chi connectivity index (χ4v) is 4.61. The lowest BCUT2D eigenvalue weighted by Gasteiger charge is -2.22. The van der Waals surface area contributed by atoms with Gasteiger partial charge in [0.1, 0.15) is 6.04 Å². The molecule has 0 spiro atoms. The standard InChI is InChI=1S/C27H34N6O2/c1-29-16-24(14-28)32-27(35)25(11-18-5-2-3-6-18)33-26(34)20-7-4-8-22(12-20)31-23-13-21(15-30-17-23)19-9-10-19/h4,7-8,12-19,25,31H,2-3,5-6,9-11,28H2,1H3,(H,32,35)(H,33,34)/b24-14+,29-16?. The molecule has 2 fully saturated rings. The van der Waals surface area contributed by atoms with Crippen molar-refractivity contribution in [2.45, 2.75) is 56.9 Å². The molecule has 4 rings (SSSR count). The van der Waals surface area contributed by atoms with Gasteiger partial charge in [-0.2, -0.15) is 0 Å². The smallest absolute Gasteiger partial charge is 0.252 e. The summed E-state index contributed by atoms with van der Waals surface area (Å²) in [6, 6.07) is 8.72. The Morgan fingerprint density at radius 3 is 2.66 bits per heavy atom. The summed E-state index contributed by atoms with van der Waals surface area (Å²) in [5.41, 5.74) is 9.41. The molecule has 2 aromatic rings. The normalized spacial score (nSPS) is 17.3. The van der Waals surface area contributed by atoms with Crippen molar-refractivity contribution in [3.05, 3.63) is 65.7 Å². The molecule has 1 heterocycles. The van der Waals surface area contributed by atoms with E-state index in [1.165, 1.54) is 30.8 Å². The molecule has 2 aliphatic carbocycles. The largest absolute Gasteiger partial charge is 0.403 e. The van der Waals surface area contributed by atoms with Gasteiger partial charge in [-0.15, -0.1) is 0 Å². The molecule has 0 saturated heterocycles. The number of benzene rings is 1. The van der Waals surface area contributed by atoms with Crippen LogP contribution in [0.5, 0.6) is 0 Å². The Morgan fingerprint density at radius 1 is 1.14 bits per heavy atom. The maximum absolute atomic E-state index is 13.2. The van der Waals surface area contributed by atoms with E-state index in [1.54, 1.807) is 25.4 Å². The molecule has 1 aromatic carbocycles. The molecule has 0 bridgehead atoms. The predicted octanol–water partition coefficient (Wildman–Crippen LogP) is 4.00. The van der Waals surface area contributed by atoms with Crippen LogP contribution in [0.25, 0.3) is 0 Å². The van der Waals surface area contributed by atoms with Crippen LogP contribution >= 0.6 is 0 Å². The Balaban J connectivity index is 1.45. The molecule has 35 heavy (non-hydrogen) atoms. The summed E-state index contributed by atoms with van der Waals surface area (Å²) in [6.45, 7) is 0. The highest BCUT2D eigenvalue weighted by Gasteiger charge is 2.27. The van der Waals surface area contributed by atoms with Crippen molar-refractivity contribution < 1.29 is 9.59 Å². The van der Waals surface area contributed by atoms with E-state index in [0.29, 0.717) is 29.5 Å². The zero-order valence-electron chi connectivity index (χ0n) is 20.2. The van der Waals surface area contributed by atoms with Gasteiger partial charge in [-0.1, -0.05) is 31.7 Å². The average Bonchev–Trinajstić information content (AvgIpc) is 3.60. The van der Waals surface area contributed by atoms with Crippen molar-refractivity contribution in [3.63, 3.8) is 0 Å². The molecule has 8 nitrogen and oxygen atoms in total. The van der Waals surface area contributed by atoms with Crippen molar-refractivity contribution in [1.29, 1.82) is 0 Å². The van der Waals surface area contributed by atoms with Crippen molar-refractivity contribution >= 4 is 29.4 Å². The van der Waals surface area contributed by atoms with E-state index in [1.807, 2.05) is 18.3 Å². The molecular formula is C27H34N6O2. The van der Waals surface area contributed by atoms with Crippen LogP contribution in [-0.4, -0.2) is 36.1 Å². The Hall–Kier alpha value is -3.68. The van der Waals surface area contributed by atoms with E-state index >= 15 is 0 Å². The summed E-state index contributed by atoms with van der Waals surface area (Å²) in [7, 11) is 1.60. The van der Waals surface area contributed by atoms with Crippen LogP contribution in [0.3, 0.4) is 0 Å². The lowest BCUT2D eigenvalue weighted by molar-refractivity contribution is -0.122. The molecule has 0 aliphatic heterocycles. The molecule has 2 amide bonds. The number of nitrogens with two attached hydrogens (primary N) is 1. The third kappa shape index (κ3) is 6.91. The minimum Gasteiger partial charge on any atom is -0.403 e. The van der Waals surface area contributed by atoms with Gasteiger partial charge >= 0.3 is 0 Å². The van der Waals surface area contributed by atoms with Gasteiger partial charge in [0.05, 0.1) is 17.6 Å². The van der Waals surface area contributed by atoms with Crippen LogP contribution in [-0.2, 0) is 4.79 Å². The number of amides is 2. The lowest BCUT2D eigenvalue weighted by Crippen LogP contribution is -2.47. The minimum atomic E-state index is -0.665. The van der Waals surface area contributed by atoms with E-state index in [4.69, 9.17) is 5.73 Å². The molecule has 8 heteroatoms. The number of pyridine rings is 1. The molecule has 184 valence electrons. The van der Waals surface area contributed by atoms with Crippen LogP contribution in [0, 0.1) is 5.92 Å². The Kier molecular flexibility index (Phi) is 8.13. The molecule has 0 radical (unpaired) electrons. The number of aromatic nitrogens is 1. The zero-order valence-corrected chi connectivity index (χ0v) is 20.2. The van der Waals surface area contributed by atoms with Gasteiger partial charge in [-0.3, -0.25) is 19.6 Å². The number of nitrogens with zero attached hydrogens (tertiary/aromatic N) is 2. The van der Waals surface area contributed by atoms with Gasteiger partial charge in [0, 0.05) is 36.9 Å². The van der Waals surface area contributed by atoms with Gasteiger partial charge in [0.25, 0.3) is 5.91 Å². The first kappa shape index (κ1) is 24.4. The minimum absolute atomic E-state index is 0.293. The molecule has 2 saturated carbocycles. The zero-order chi connectivity index (χ0) is 24.6. The van der Waals surface area contributed by atoms with Crippen LogP contribution in [0.1, 0.15) is 66.8 Å². The topological polar surface area (TPSA) is 121 Å². The first-order chi connectivity index (χ1) is 17.1. The van der Waals surface area contributed by atoms with E-state index in [2.05, 4.69) is 32.0 Å².